The molecule has 0 saturated carbocycles. The fourth-order valence-corrected chi connectivity index (χ4v) is 2.61. The van der Waals surface area contributed by atoms with Crippen molar-refractivity contribution >= 4 is 24.8 Å². The van der Waals surface area contributed by atoms with Crippen LogP contribution < -0.4 is 5.32 Å². The van der Waals surface area contributed by atoms with Crippen molar-refractivity contribution in [2.24, 2.45) is 0 Å². The Labute approximate surface area is 141 Å². The highest BCUT2D eigenvalue weighted by Crippen LogP contribution is 2.36. The fourth-order valence-electron chi connectivity index (χ4n) is 2.61. The Morgan fingerprint density at radius 1 is 1.32 bits per heavy atom. The number of pyridine rings is 1. The van der Waals surface area contributed by atoms with E-state index in [2.05, 4.69) is 10.3 Å². The van der Waals surface area contributed by atoms with Gasteiger partial charge >= 0.3 is 0 Å². The second-order valence-corrected chi connectivity index (χ2v) is 5.34. The molecule has 0 aliphatic carbocycles. The van der Waals surface area contributed by atoms with Crippen LogP contribution >= 0.6 is 24.8 Å². The third kappa shape index (κ3) is 4.50. The fraction of sp³-hybridized carbons (Fsp3) is 0.643. The lowest BCUT2D eigenvalue weighted by Gasteiger charge is -2.31. The van der Waals surface area contributed by atoms with Gasteiger partial charge in [-0.25, -0.2) is 4.39 Å². The van der Waals surface area contributed by atoms with Crippen molar-refractivity contribution in [3.05, 3.63) is 29.1 Å². The van der Waals surface area contributed by atoms with Gasteiger partial charge in [0, 0.05) is 11.8 Å². The summed E-state index contributed by atoms with van der Waals surface area (Å²) in [6, 6.07) is 1.62. The zero-order valence-electron chi connectivity index (χ0n) is 12.3. The Hall–Kier alpha value is -0.500. The predicted octanol–water partition coefficient (Wildman–Crippen LogP) is 1.17. The maximum atomic E-state index is 14.9. The van der Waals surface area contributed by atoms with E-state index in [1.54, 1.807) is 13.0 Å². The van der Waals surface area contributed by atoms with Crippen LogP contribution in [0.2, 0.25) is 0 Å². The summed E-state index contributed by atoms with van der Waals surface area (Å²) in [6.45, 7) is 2.43. The van der Waals surface area contributed by atoms with Gasteiger partial charge in [0.25, 0.3) is 0 Å². The molecule has 5 nitrogen and oxygen atoms in total. The lowest BCUT2D eigenvalue weighted by molar-refractivity contribution is -0.0155. The highest BCUT2D eigenvalue weighted by Gasteiger charge is 2.36. The van der Waals surface area contributed by atoms with Gasteiger partial charge in [0.1, 0.15) is 12.2 Å². The van der Waals surface area contributed by atoms with Crippen molar-refractivity contribution in [3.63, 3.8) is 0 Å². The third-order valence-corrected chi connectivity index (χ3v) is 3.81. The normalized spacial score (nSPS) is 19.5. The van der Waals surface area contributed by atoms with Crippen LogP contribution in [0.1, 0.15) is 35.8 Å². The van der Waals surface area contributed by atoms with E-state index in [1.807, 2.05) is 0 Å². The van der Waals surface area contributed by atoms with Crippen LogP contribution in [0, 0.1) is 6.92 Å². The van der Waals surface area contributed by atoms with Crippen molar-refractivity contribution in [2.45, 2.75) is 37.6 Å². The Morgan fingerprint density at radius 3 is 2.41 bits per heavy atom. The molecule has 1 aromatic rings. The van der Waals surface area contributed by atoms with E-state index in [9.17, 15) is 14.6 Å². The quantitative estimate of drug-likeness (QED) is 0.650. The topological polar surface area (TPSA) is 85.6 Å². The minimum absolute atomic E-state index is 0. The van der Waals surface area contributed by atoms with Crippen molar-refractivity contribution < 1.29 is 19.7 Å². The van der Waals surface area contributed by atoms with Gasteiger partial charge in [0.05, 0.1) is 12.3 Å². The summed E-state index contributed by atoms with van der Waals surface area (Å²) in [5.41, 5.74) is -0.0103. The molecule has 1 aromatic heterocycles. The van der Waals surface area contributed by atoms with Gasteiger partial charge in [-0.3, -0.25) is 4.98 Å². The summed E-state index contributed by atoms with van der Waals surface area (Å²) < 4.78 is 14.9. The maximum Gasteiger partial charge on any atom is 0.155 e. The average molecular weight is 357 g/mol. The first kappa shape index (κ1) is 21.5. The minimum atomic E-state index is -1.44. The molecule has 1 saturated heterocycles. The van der Waals surface area contributed by atoms with Crippen LogP contribution in [0.5, 0.6) is 0 Å². The first-order chi connectivity index (χ1) is 9.48. The van der Waals surface area contributed by atoms with Gasteiger partial charge in [-0.15, -0.1) is 24.8 Å². The van der Waals surface area contributed by atoms with Crippen LogP contribution in [0.4, 0.5) is 4.39 Å². The molecule has 0 spiro atoms. The molecule has 0 unspecified atom stereocenters. The summed E-state index contributed by atoms with van der Waals surface area (Å²) in [4.78, 5) is 4.16. The second-order valence-electron chi connectivity index (χ2n) is 5.34. The molecule has 8 heteroatoms. The van der Waals surface area contributed by atoms with Crippen molar-refractivity contribution in [2.75, 3.05) is 19.7 Å². The van der Waals surface area contributed by atoms with Gasteiger partial charge < -0.3 is 20.6 Å². The van der Waals surface area contributed by atoms with Crippen molar-refractivity contribution in [3.8, 4) is 0 Å². The molecular formula is C14H23Cl2FN2O3. The summed E-state index contributed by atoms with van der Waals surface area (Å²) in [5, 5.41) is 31.2. The number of hydrogen-bond donors (Lipinski definition) is 4. The molecule has 0 radical (unpaired) electrons. The first-order valence-corrected chi connectivity index (χ1v) is 6.81. The van der Waals surface area contributed by atoms with E-state index in [0.29, 0.717) is 42.8 Å². The summed E-state index contributed by atoms with van der Waals surface area (Å²) in [5.74, 6) is 0. The van der Waals surface area contributed by atoms with E-state index >= 15 is 0 Å². The molecule has 1 aliphatic rings. The maximum absolute atomic E-state index is 14.9. The second kappa shape index (κ2) is 8.96. The smallest absolute Gasteiger partial charge is 0.155 e. The number of aromatic nitrogens is 1. The van der Waals surface area contributed by atoms with Gasteiger partial charge in [-0.2, -0.15) is 0 Å². The van der Waals surface area contributed by atoms with E-state index in [0.717, 1.165) is 0 Å². The molecule has 0 aromatic carbocycles. The largest absolute Gasteiger partial charge is 0.394 e. The molecular weight excluding hydrogens is 334 g/mol. The van der Waals surface area contributed by atoms with Gasteiger partial charge in [-0.05, 0) is 44.5 Å². The van der Waals surface area contributed by atoms with Crippen LogP contribution in [0.3, 0.4) is 0 Å². The number of alkyl halides is 1. The first-order valence-electron chi connectivity index (χ1n) is 6.81. The molecule has 1 fully saturated rings. The zero-order valence-corrected chi connectivity index (χ0v) is 14.0. The molecule has 4 N–H and O–H groups in total. The van der Waals surface area contributed by atoms with Gasteiger partial charge in [0.2, 0.25) is 0 Å². The Bertz CT molecular complexity index is 473. The lowest BCUT2D eigenvalue weighted by Crippen LogP contribution is -2.37. The summed E-state index contributed by atoms with van der Waals surface area (Å²) >= 11 is 0. The highest BCUT2D eigenvalue weighted by atomic mass is 35.5. The number of nitrogens with zero attached hydrogens (tertiary/aromatic N) is 1. The Kier molecular flexibility index (Phi) is 8.75. The van der Waals surface area contributed by atoms with Crippen LogP contribution in [0.15, 0.2) is 12.3 Å². The van der Waals surface area contributed by atoms with E-state index in [1.165, 1.54) is 6.20 Å². The molecule has 2 atom stereocenters. The molecule has 2 heterocycles. The minimum Gasteiger partial charge on any atom is -0.394 e. The molecule has 2 rings (SSSR count). The number of halogens is 3. The monoisotopic (exact) mass is 356 g/mol. The number of aliphatic hydroxyl groups is 3. The van der Waals surface area contributed by atoms with Crippen LogP contribution in [-0.2, 0) is 5.67 Å². The molecule has 0 amide bonds. The van der Waals surface area contributed by atoms with Gasteiger partial charge in [-0.1, -0.05) is 0 Å². The number of nitrogens with one attached hydrogen (secondary N) is 1. The summed E-state index contributed by atoms with van der Waals surface area (Å²) in [7, 11) is 0. The van der Waals surface area contributed by atoms with Crippen molar-refractivity contribution in [1.29, 1.82) is 0 Å². The van der Waals surface area contributed by atoms with E-state index < -0.39 is 24.5 Å². The van der Waals surface area contributed by atoms with Crippen molar-refractivity contribution in [1.82, 2.24) is 10.3 Å². The molecule has 0 bridgehead atoms. The summed E-state index contributed by atoms with van der Waals surface area (Å²) in [6.07, 6.45) is -0.358. The third-order valence-electron chi connectivity index (χ3n) is 3.81. The Balaban J connectivity index is 0.00000220. The van der Waals surface area contributed by atoms with Crippen LogP contribution in [0.25, 0.3) is 0 Å². The standard InChI is InChI=1S/C14H21FN2O3.2ClH/c1-9-6-10(12(20)11(19)8-18)7-17-13(9)14(15)2-4-16-5-3-14;;/h6-7,11-12,16,18-20H,2-5,8H2,1H3;2*1H/t11-,12-;;/m0../s1. The Morgan fingerprint density at radius 2 is 1.91 bits per heavy atom. The SMILES string of the molecule is Cc1cc([C@H](O)[C@@H](O)CO)cnc1C1(F)CCNCC1.Cl.Cl. The molecule has 1 aliphatic heterocycles. The number of hydrogen-bond acceptors (Lipinski definition) is 5. The number of aryl methyl sites for hydroxylation is 1. The van der Waals surface area contributed by atoms with Crippen LogP contribution in [-0.4, -0.2) is 46.1 Å². The van der Waals surface area contributed by atoms with E-state index in [4.69, 9.17) is 5.11 Å². The highest BCUT2D eigenvalue weighted by molar-refractivity contribution is 5.85. The van der Waals surface area contributed by atoms with E-state index in [-0.39, 0.29) is 24.8 Å². The zero-order chi connectivity index (χ0) is 14.8. The molecule has 22 heavy (non-hydrogen) atoms. The number of rotatable bonds is 4. The predicted molar refractivity (Wildman–Crippen MR) is 86.4 cm³/mol. The number of piperidine rings is 1. The average Bonchev–Trinajstić information content (AvgIpc) is 2.46. The van der Waals surface area contributed by atoms with Gasteiger partial charge in [0.15, 0.2) is 5.67 Å². The molecule has 128 valence electrons. The lowest BCUT2D eigenvalue weighted by atomic mass is 9.87. The number of aliphatic hydroxyl groups excluding tert-OH is 3.